The highest BCUT2D eigenvalue weighted by Crippen LogP contribution is 2.23. The van der Waals surface area contributed by atoms with Crippen LogP contribution in [0.4, 0.5) is 8.78 Å². The van der Waals surface area contributed by atoms with Crippen molar-refractivity contribution in [3.05, 3.63) is 29.3 Å². The van der Waals surface area contributed by atoms with Crippen LogP contribution < -0.4 is 4.74 Å². The Bertz CT molecular complexity index is 357. The number of nitrogens with zero attached hydrogens (tertiary/aromatic N) is 1. The molecule has 0 unspecified atom stereocenters. The molecule has 68 valence electrons. The Hall–Kier alpha value is -1.63. The third kappa shape index (κ3) is 1.94. The van der Waals surface area contributed by atoms with Gasteiger partial charge in [0.15, 0.2) is 11.6 Å². The Labute approximate surface area is 74.4 Å². The van der Waals surface area contributed by atoms with E-state index in [1.807, 2.05) is 0 Å². The summed E-state index contributed by atoms with van der Waals surface area (Å²) in [6.07, 6.45) is -0.0716. The lowest BCUT2D eigenvalue weighted by Gasteiger charge is -2.06. The molecule has 0 aliphatic heterocycles. The maximum absolute atomic E-state index is 13.0. The minimum atomic E-state index is -0.784. The van der Waals surface area contributed by atoms with Crippen molar-refractivity contribution < 1.29 is 13.5 Å². The van der Waals surface area contributed by atoms with E-state index in [0.29, 0.717) is 0 Å². The molecule has 0 aliphatic rings. The van der Waals surface area contributed by atoms with Gasteiger partial charge in [-0.05, 0) is 6.07 Å². The van der Waals surface area contributed by atoms with Gasteiger partial charge >= 0.3 is 0 Å². The number of halogens is 2. The Morgan fingerprint density at radius 1 is 1.46 bits per heavy atom. The van der Waals surface area contributed by atoms with Crippen LogP contribution in [0.5, 0.6) is 5.75 Å². The zero-order chi connectivity index (χ0) is 9.84. The molecule has 0 bridgehead atoms. The summed E-state index contributed by atoms with van der Waals surface area (Å²) < 4.78 is 30.3. The van der Waals surface area contributed by atoms with E-state index in [9.17, 15) is 8.78 Å². The van der Waals surface area contributed by atoms with Gasteiger partial charge in [-0.3, -0.25) is 0 Å². The summed E-state index contributed by atoms with van der Waals surface area (Å²) in [5.74, 6) is -1.56. The van der Waals surface area contributed by atoms with Crippen molar-refractivity contribution in [1.82, 2.24) is 0 Å². The Balaban J connectivity index is 3.23. The van der Waals surface area contributed by atoms with Crippen LogP contribution in [0.25, 0.3) is 0 Å². The molecule has 13 heavy (non-hydrogen) atoms. The second kappa shape index (κ2) is 3.85. The normalized spacial score (nSPS) is 9.38. The van der Waals surface area contributed by atoms with Crippen molar-refractivity contribution in [2.75, 3.05) is 7.11 Å². The van der Waals surface area contributed by atoms with E-state index in [0.717, 1.165) is 12.1 Å². The fourth-order valence-corrected chi connectivity index (χ4v) is 1.06. The van der Waals surface area contributed by atoms with Gasteiger partial charge in [-0.15, -0.1) is 0 Å². The Morgan fingerprint density at radius 2 is 2.15 bits per heavy atom. The quantitative estimate of drug-likeness (QED) is 0.702. The van der Waals surface area contributed by atoms with Gasteiger partial charge in [-0.25, -0.2) is 8.78 Å². The maximum atomic E-state index is 13.0. The average molecular weight is 183 g/mol. The number of nitriles is 1. The molecule has 0 saturated heterocycles. The number of ether oxygens (including phenoxy) is 1. The standard InChI is InChI=1S/C9H7F2NO/c1-13-9-6(2-3-12)4-7(10)5-8(9)11/h4-5H,2H2,1H3. The van der Waals surface area contributed by atoms with Crippen LogP contribution in [0, 0.1) is 23.0 Å². The Kier molecular flexibility index (Phi) is 2.80. The highest BCUT2D eigenvalue weighted by Gasteiger charge is 2.10. The lowest BCUT2D eigenvalue weighted by Crippen LogP contribution is -1.96. The van der Waals surface area contributed by atoms with Gasteiger partial charge in [-0.1, -0.05) is 0 Å². The molecule has 0 aliphatic carbocycles. The molecular formula is C9H7F2NO. The van der Waals surface area contributed by atoms with Crippen LogP contribution in [0.15, 0.2) is 12.1 Å². The third-order valence-corrected chi connectivity index (χ3v) is 1.56. The molecule has 0 spiro atoms. The smallest absolute Gasteiger partial charge is 0.168 e. The van der Waals surface area contributed by atoms with Gasteiger partial charge in [-0.2, -0.15) is 5.26 Å². The topological polar surface area (TPSA) is 33.0 Å². The second-order valence-electron chi connectivity index (χ2n) is 2.41. The minimum Gasteiger partial charge on any atom is -0.493 e. The molecule has 1 aromatic rings. The van der Waals surface area contributed by atoms with E-state index in [1.165, 1.54) is 7.11 Å². The highest BCUT2D eigenvalue weighted by molar-refractivity contribution is 5.37. The van der Waals surface area contributed by atoms with Crippen LogP contribution >= 0.6 is 0 Å². The van der Waals surface area contributed by atoms with Crippen LogP contribution in [-0.4, -0.2) is 7.11 Å². The van der Waals surface area contributed by atoms with Gasteiger partial charge in [0.05, 0.1) is 19.6 Å². The number of hydrogen-bond donors (Lipinski definition) is 0. The number of benzene rings is 1. The number of hydrogen-bond acceptors (Lipinski definition) is 2. The summed E-state index contributed by atoms with van der Waals surface area (Å²) in [5, 5.41) is 8.37. The average Bonchev–Trinajstić information content (AvgIpc) is 2.04. The fraction of sp³-hybridized carbons (Fsp3) is 0.222. The molecule has 0 saturated carbocycles. The first-order chi connectivity index (χ1) is 6.19. The molecule has 0 amide bonds. The SMILES string of the molecule is COc1c(F)cc(F)cc1CC#N. The molecule has 0 fully saturated rings. The van der Waals surface area contributed by atoms with Crippen molar-refractivity contribution >= 4 is 0 Å². The molecule has 0 aromatic heterocycles. The van der Waals surface area contributed by atoms with Crippen molar-refractivity contribution in [2.24, 2.45) is 0 Å². The summed E-state index contributed by atoms with van der Waals surface area (Å²) in [6, 6.07) is 3.61. The number of rotatable bonds is 2. The summed E-state index contributed by atoms with van der Waals surface area (Å²) >= 11 is 0. The largest absolute Gasteiger partial charge is 0.493 e. The molecule has 2 nitrogen and oxygen atoms in total. The molecule has 4 heteroatoms. The number of methoxy groups -OCH3 is 1. The van der Waals surface area contributed by atoms with Crippen LogP contribution in [0.3, 0.4) is 0 Å². The monoisotopic (exact) mass is 183 g/mol. The minimum absolute atomic E-state index is 0.0667. The predicted octanol–water partition coefficient (Wildman–Crippen LogP) is 2.04. The fourth-order valence-electron chi connectivity index (χ4n) is 1.06. The van der Waals surface area contributed by atoms with Gasteiger partial charge in [0.25, 0.3) is 0 Å². The van der Waals surface area contributed by atoms with Crippen LogP contribution in [0.2, 0.25) is 0 Å². The summed E-state index contributed by atoms with van der Waals surface area (Å²) in [5.41, 5.74) is 0.225. The molecular weight excluding hydrogens is 176 g/mol. The van der Waals surface area contributed by atoms with E-state index in [1.54, 1.807) is 6.07 Å². The first kappa shape index (κ1) is 9.46. The molecule has 1 rings (SSSR count). The van der Waals surface area contributed by atoms with Crippen molar-refractivity contribution in [2.45, 2.75) is 6.42 Å². The molecule has 0 N–H and O–H groups in total. The zero-order valence-corrected chi connectivity index (χ0v) is 6.97. The third-order valence-electron chi connectivity index (χ3n) is 1.56. The lowest BCUT2D eigenvalue weighted by atomic mass is 10.1. The van der Waals surface area contributed by atoms with Crippen molar-refractivity contribution in [3.63, 3.8) is 0 Å². The van der Waals surface area contributed by atoms with E-state index in [4.69, 9.17) is 10.00 Å². The Morgan fingerprint density at radius 3 is 2.69 bits per heavy atom. The first-order valence-corrected chi connectivity index (χ1v) is 3.58. The van der Waals surface area contributed by atoms with Gasteiger partial charge < -0.3 is 4.74 Å². The van der Waals surface area contributed by atoms with E-state index in [2.05, 4.69) is 0 Å². The second-order valence-corrected chi connectivity index (χ2v) is 2.41. The maximum Gasteiger partial charge on any atom is 0.168 e. The summed E-state index contributed by atoms with van der Waals surface area (Å²) in [7, 11) is 1.27. The van der Waals surface area contributed by atoms with Gasteiger partial charge in [0, 0.05) is 11.6 Å². The van der Waals surface area contributed by atoms with Crippen molar-refractivity contribution in [3.8, 4) is 11.8 Å². The molecule has 0 radical (unpaired) electrons. The zero-order valence-electron chi connectivity index (χ0n) is 6.97. The van der Waals surface area contributed by atoms with Crippen molar-refractivity contribution in [1.29, 1.82) is 5.26 Å². The van der Waals surface area contributed by atoms with E-state index >= 15 is 0 Å². The summed E-state index contributed by atoms with van der Waals surface area (Å²) in [4.78, 5) is 0. The molecule has 1 aromatic carbocycles. The first-order valence-electron chi connectivity index (χ1n) is 3.58. The predicted molar refractivity (Wildman–Crippen MR) is 42.2 cm³/mol. The van der Waals surface area contributed by atoms with E-state index < -0.39 is 11.6 Å². The molecule has 0 heterocycles. The van der Waals surface area contributed by atoms with Crippen LogP contribution in [-0.2, 0) is 6.42 Å². The lowest BCUT2D eigenvalue weighted by molar-refractivity contribution is 0.380. The van der Waals surface area contributed by atoms with Gasteiger partial charge in [0.1, 0.15) is 5.82 Å². The van der Waals surface area contributed by atoms with Gasteiger partial charge in [0.2, 0.25) is 0 Å². The highest BCUT2D eigenvalue weighted by atomic mass is 19.1. The summed E-state index contributed by atoms with van der Waals surface area (Å²) in [6.45, 7) is 0. The van der Waals surface area contributed by atoms with Crippen LogP contribution in [0.1, 0.15) is 5.56 Å². The van der Waals surface area contributed by atoms with E-state index in [-0.39, 0.29) is 17.7 Å². The molecule has 0 atom stereocenters.